The number of hydrogen-bond donors (Lipinski definition) is 0. The van der Waals surface area contributed by atoms with Gasteiger partial charge < -0.3 is 19.8 Å². The van der Waals surface area contributed by atoms with E-state index in [2.05, 4.69) is 13.8 Å². The van der Waals surface area contributed by atoms with Gasteiger partial charge in [-0.1, -0.05) is 27.7 Å². The third kappa shape index (κ3) is 24.4. The Bertz CT molecular complexity index is 468. The Balaban J connectivity index is 0. The summed E-state index contributed by atoms with van der Waals surface area (Å²) in [5.74, 6) is -2.69. The summed E-state index contributed by atoms with van der Waals surface area (Å²) in [5, 5.41) is 21.8. The SMILES string of the molecule is CC(C)C/C(C(=O)[O-])=C(\CC(C)C)C(=O)[O-].CCCCCCC[CH2][Sn+2][CH2]CCCCCCC. The van der Waals surface area contributed by atoms with Gasteiger partial charge in [-0.05, 0) is 35.8 Å². The topological polar surface area (TPSA) is 80.3 Å². The molecule has 0 aromatic rings. The number of carbonyl (C=O) groups is 2. The summed E-state index contributed by atoms with van der Waals surface area (Å²) < 4.78 is 3.31. The van der Waals surface area contributed by atoms with Gasteiger partial charge in [-0.3, -0.25) is 0 Å². The van der Waals surface area contributed by atoms with Gasteiger partial charge >= 0.3 is 121 Å². The van der Waals surface area contributed by atoms with Crippen molar-refractivity contribution in [1.29, 1.82) is 0 Å². The summed E-state index contributed by atoms with van der Waals surface area (Å²) in [7, 11) is 0. The second-order valence-electron chi connectivity index (χ2n) is 10.0. The number of unbranched alkanes of at least 4 members (excludes halogenated alkanes) is 10. The van der Waals surface area contributed by atoms with Crippen LogP contribution in [0.5, 0.6) is 0 Å². The van der Waals surface area contributed by atoms with Crippen molar-refractivity contribution < 1.29 is 19.8 Å². The van der Waals surface area contributed by atoms with Crippen molar-refractivity contribution in [1.82, 2.24) is 0 Å². The van der Waals surface area contributed by atoms with Crippen molar-refractivity contribution >= 4 is 33.1 Å². The van der Waals surface area contributed by atoms with Gasteiger partial charge in [0, 0.05) is 0 Å². The van der Waals surface area contributed by atoms with Gasteiger partial charge in [0.25, 0.3) is 0 Å². The molecule has 0 aliphatic heterocycles. The fraction of sp³-hybridized carbons (Fsp3) is 0.857. The second-order valence-corrected chi connectivity index (χ2v) is 14.3. The van der Waals surface area contributed by atoms with E-state index in [1.54, 1.807) is 21.7 Å². The summed E-state index contributed by atoms with van der Waals surface area (Å²) in [6.07, 6.45) is 18.2. The maximum atomic E-state index is 10.9. The van der Waals surface area contributed by atoms with Crippen LogP contribution < -0.4 is 10.2 Å². The molecule has 0 spiro atoms. The van der Waals surface area contributed by atoms with Crippen molar-refractivity contribution in [2.75, 3.05) is 0 Å². The van der Waals surface area contributed by atoms with Gasteiger partial charge in [0.05, 0.1) is 11.9 Å². The van der Waals surface area contributed by atoms with Crippen LogP contribution in [-0.2, 0) is 9.59 Å². The van der Waals surface area contributed by atoms with Crippen LogP contribution in [0.25, 0.3) is 0 Å². The van der Waals surface area contributed by atoms with Crippen LogP contribution in [0.3, 0.4) is 0 Å². The Kier molecular flexibility index (Phi) is 25.8. The Morgan fingerprint density at radius 1 is 0.576 bits per heavy atom. The van der Waals surface area contributed by atoms with Crippen LogP contribution >= 0.6 is 0 Å². The standard InChI is InChI=1S/C12H20O4.2C8H17.Sn/c1-7(2)5-9(11(13)14)10(12(15)16)6-8(3)4;2*1-3-5-7-8-6-4-2;/h7-8H,5-6H2,1-4H3,(H,13,14)(H,15,16);2*1,3-8H2,2H3;/q;;;+2/p-2/b10-9-;;;. The zero-order chi connectivity index (χ0) is 25.5. The molecule has 0 heterocycles. The van der Waals surface area contributed by atoms with Gasteiger partial charge in [0.2, 0.25) is 0 Å². The average Bonchev–Trinajstić information content (AvgIpc) is 2.73. The molecule has 0 aromatic heterocycles. The Hall–Kier alpha value is -0.521. The molecule has 5 heteroatoms. The number of rotatable bonds is 20. The molecule has 0 saturated heterocycles. The molecular formula is C28H52O4Sn. The molecule has 33 heavy (non-hydrogen) atoms. The summed E-state index contributed by atoms with van der Waals surface area (Å²) in [6.45, 7) is 11.9. The number of hydrogen-bond acceptors (Lipinski definition) is 4. The van der Waals surface area contributed by atoms with E-state index >= 15 is 0 Å². The molecule has 0 aromatic carbocycles. The van der Waals surface area contributed by atoms with Gasteiger partial charge in [-0.15, -0.1) is 0 Å². The molecule has 0 fully saturated rings. The van der Waals surface area contributed by atoms with E-state index in [1.807, 2.05) is 27.7 Å². The third-order valence-electron chi connectivity index (χ3n) is 5.50. The van der Waals surface area contributed by atoms with Gasteiger partial charge in [0.15, 0.2) is 0 Å². The predicted octanol–water partition coefficient (Wildman–Crippen LogP) is 6.12. The van der Waals surface area contributed by atoms with Crippen LogP contribution in [0.4, 0.5) is 0 Å². The molecule has 0 N–H and O–H groups in total. The molecule has 0 unspecified atom stereocenters. The molecule has 0 aliphatic carbocycles. The first-order chi connectivity index (χ1) is 15.7. The molecule has 0 bridgehead atoms. The van der Waals surface area contributed by atoms with Crippen molar-refractivity contribution in [3.8, 4) is 0 Å². The van der Waals surface area contributed by atoms with Crippen LogP contribution in [0, 0.1) is 11.8 Å². The van der Waals surface area contributed by atoms with Crippen molar-refractivity contribution in [3.63, 3.8) is 0 Å². The van der Waals surface area contributed by atoms with E-state index in [0.717, 1.165) is 0 Å². The van der Waals surface area contributed by atoms with Gasteiger partial charge in [-0.2, -0.15) is 0 Å². The maximum absolute atomic E-state index is 10.9. The minimum atomic E-state index is -1.41. The Morgan fingerprint density at radius 2 is 0.879 bits per heavy atom. The molecular weight excluding hydrogens is 519 g/mol. The summed E-state index contributed by atoms with van der Waals surface area (Å²) in [6, 6.07) is 0. The van der Waals surface area contributed by atoms with Crippen molar-refractivity contribution in [2.45, 2.75) is 140 Å². The molecule has 0 amide bonds. The molecule has 4 nitrogen and oxygen atoms in total. The average molecular weight is 571 g/mol. The van der Waals surface area contributed by atoms with Gasteiger partial charge in [-0.25, -0.2) is 0 Å². The normalized spacial score (nSPS) is 11.6. The van der Waals surface area contributed by atoms with E-state index in [4.69, 9.17) is 0 Å². The zero-order valence-electron chi connectivity index (χ0n) is 22.6. The Labute approximate surface area is 215 Å². The van der Waals surface area contributed by atoms with Crippen LogP contribution in [0.2, 0.25) is 8.87 Å². The van der Waals surface area contributed by atoms with Gasteiger partial charge in [0.1, 0.15) is 0 Å². The number of aliphatic carboxylic acids is 2. The minimum absolute atomic E-state index is 0.0643. The summed E-state index contributed by atoms with van der Waals surface area (Å²) in [5.41, 5.74) is -0.271. The molecule has 0 aliphatic rings. The van der Waals surface area contributed by atoms with Crippen LogP contribution in [0.1, 0.15) is 131 Å². The quantitative estimate of drug-likeness (QED) is 0.100. The first kappa shape index (κ1) is 34.6. The van der Waals surface area contributed by atoms with E-state index in [9.17, 15) is 19.8 Å². The molecule has 0 radical (unpaired) electrons. The van der Waals surface area contributed by atoms with E-state index in [1.165, 1.54) is 64.2 Å². The predicted molar refractivity (Wildman–Crippen MR) is 138 cm³/mol. The van der Waals surface area contributed by atoms with E-state index in [0.29, 0.717) is 0 Å². The third-order valence-corrected chi connectivity index (χ3v) is 9.53. The summed E-state index contributed by atoms with van der Waals surface area (Å²) >= 11 is 0.0736. The van der Waals surface area contributed by atoms with Crippen molar-refractivity contribution in [3.05, 3.63) is 11.1 Å². The fourth-order valence-corrected chi connectivity index (χ4v) is 7.23. The molecule has 0 saturated carbocycles. The fourth-order valence-electron chi connectivity index (χ4n) is 3.66. The van der Waals surface area contributed by atoms with Crippen LogP contribution in [0.15, 0.2) is 11.1 Å². The zero-order valence-corrected chi connectivity index (χ0v) is 25.5. The first-order valence-electron chi connectivity index (χ1n) is 13.5. The Morgan fingerprint density at radius 3 is 1.15 bits per heavy atom. The molecule has 192 valence electrons. The first-order valence-corrected chi connectivity index (χ1v) is 17.6. The second kappa shape index (κ2) is 24.6. The molecule has 0 rings (SSSR count). The van der Waals surface area contributed by atoms with E-state index in [-0.39, 0.29) is 57.0 Å². The molecule has 0 atom stereocenters. The summed E-state index contributed by atoms with van der Waals surface area (Å²) in [4.78, 5) is 21.8. The van der Waals surface area contributed by atoms with E-state index < -0.39 is 11.9 Å². The van der Waals surface area contributed by atoms with Crippen LogP contribution in [-0.4, -0.2) is 33.1 Å². The monoisotopic (exact) mass is 572 g/mol. The number of carboxylic acids is 2. The number of carbonyl (C=O) groups excluding carboxylic acids is 2. The van der Waals surface area contributed by atoms with Crippen molar-refractivity contribution in [2.24, 2.45) is 11.8 Å². The number of carboxylic acid groups (broad SMARTS) is 2.